The third-order valence-electron chi connectivity index (χ3n) is 5.26. The molecule has 5 rings (SSSR count). The van der Waals surface area contributed by atoms with E-state index in [4.69, 9.17) is 26.3 Å². The molecule has 0 radical (unpaired) electrons. The summed E-state index contributed by atoms with van der Waals surface area (Å²) < 4.78 is 6.00. The lowest BCUT2D eigenvalue weighted by Gasteiger charge is -2.23. The summed E-state index contributed by atoms with van der Waals surface area (Å²) in [5.74, 6) is 1.39. The normalized spacial score (nSPS) is 11.9. The number of nitrogens with zero attached hydrogens (tertiary/aromatic N) is 2. The minimum atomic E-state index is 0.417. The molecule has 4 nitrogen and oxygen atoms in total. The van der Waals surface area contributed by atoms with Crippen molar-refractivity contribution in [2.24, 2.45) is 0 Å². The molecule has 4 aromatic rings. The van der Waals surface area contributed by atoms with Crippen LogP contribution in [0.1, 0.15) is 18.1 Å². The third-order valence-corrected chi connectivity index (χ3v) is 5.50. The van der Waals surface area contributed by atoms with Crippen LogP contribution in [0.5, 0.6) is 5.75 Å². The molecule has 0 amide bonds. The fourth-order valence-electron chi connectivity index (χ4n) is 3.78. The van der Waals surface area contributed by atoms with Crippen molar-refractivity contribution in [2.75, 3.05) is 5.32 Å². The van der Waals surface area contributed by atoms with Crippen molar-refractivity contribution >= 4 is 23.2 Å². The van der Waals surface area contributed by atoms with E-state index in [9.17, 15) is 0 Å². The maximum Gasteiger partial charge on any atom is 0.228 e. The zero-order valence-corrected chi connectivity index (χ0v) is 17.3. The summed E-state index contributed by atoms with van der Waals surface area (Å²) in [6.45, 7) is 2.55. The van der Waals surface area contributed by atoms with E-state index in [-0.39, 0.29) is 0 Å². The van der Waals surface area contributed by atoms with E-state index >= 15 is 0 Å². The number of aromatic nitrogens is 2. The lowest BCUT2D eigenvalue weighted by Crippen LogP contribution is -2.12. The van der Waals surface area contributed by atoms with E-state index in [1.54, 1.807) is 0 Å². The van der Waals surface area contributed by atoms with Crippen molar-refractivity contribution in [3.05, 3.63) is 88.9 Å². The smallest absolute Gasteiger partial charge is 0.228 e. The van der Waals surface area contributed by atoms with Crippen LogP contribution >= 0.6 is 11.6 Å². The van der Waals surface area contributed by atoms with Gasteiger partial charge in [-0.3, -0.25) is 0 Å². The summed E-state index contributed by atoms with van der Waals surface area (Å²) in [6, 6.07) is 23.9. The minimum absolute atomic E-state index is 0.417. The van der Waals surface area contributed by atoms with Crippen LogP contribution in [0, 0.1) is 0 Å². The molecule has 0 bridgehead atoms. The second kappa shape index (κ2) is 7.81. The van der Waals surface area contributed by atoms with Gasteiger partial charge in [0.2, 0.25) is 5.95 Å². The highest BCUT2D eigenvalue weighted by Gasteiger charge is 2.24. The second-order valence-corrected chi connectivity index (χ2v) is 7.59. The van der Waals surface area contributed by atoms with Crippen LogP contribution in [0.4, 0.5) is 11.6 Å². The molecule has 148 valence electrons. The molecule has 2 heterocycles. The SMILES string of the molecule is CCc1ccccc1Nc1nc(-c2cccc(Cl)c2)c2c(n1)-c1ccccc1OC2. The average molecular weight is 414 g/mol. The summed E-state index contributed by atoms with van der Waals surface area (Å²) in [6.07, 6.45) is 0.923. The Morgan fingerprint density at radius 2 is 1.73 bits per heavy atom. The van der Waals surface area contributed by atoms with Gasteiger partial charge in [-0.05, 0) is 42.3 Å². The second-order valence-electron chi connectivity index (χ2n) is 7.15. The Bertz CT molecular complexity index is 1240. The van der Waals surface area contributed by atoms with E-state index in [2.05, 4.69) is 24.4 Å². The van der Waals surface area contributed by atoms with Gasteiger partial charge in [0.15, 0.2) is 0 Å². The Morgan fingerprint density at radius 1 is 0.933 bits per heavy atom. The average Bonchev–Trinajstić information content (AvgIpc) is 2.79. The molecular weight excluding hydrogens is 394 g/mol. The molecular formula is C25H20ClN3O. The number of benzene rings is 3. The van der Waals surface area contributed by atoms with Crippen LogP contribution in [0.25, 0.3) is 22.5 Å². The van der Waals surface area contributed by atoms with Gasteiger partial charge in [-0.2, -0.15) is 0 Å². The van der Waals surface area contributed by atoms with Gasteiger partial charge < -0.3 is 10.1 Å². The van der Waals surface area contributed by atoms with Crippen LogP contribution in [0.2, 0.25) is 5.02 Å². The summed E-state index contributed by atoms with van der Waals surface area (Å²) in [4.78, 5) is 9.78. The number of para-hydroxylation sites is 2. The monoisotopic (exact) mass is 413 g/mol. The van der Waals surface area contributed by atoms with Crippen molar-refractivity contribution in [1.82, 2.24) is 9.97 Å². The summed E-state index contributed by atoms with van der Waals surface area (Å²) in [7, 11) is 0. The Morgan fingerprint density at radius 3 is 2.60 bits per heavy atom. The number of halogens is 1. The fraction of sp³-hybridized carbons (Fsp3) is 0.120. The topological polar surface area (TPSA) is 47.0 Å². The third kappa shape index (κ3) is 3.40. The first-order valence-corrected chi connectivity index (χ1v) is 10.3. The highest BCUT2D eigenvalue weighted by atomic mass is 35.5. The van der Waals surface area contributed by atoms with Gasteiger partial charge in [-0.25, -0.2) is 9.97 Å². The molecule has 0 saturated heterocycles. The van der Waals surface area contributed by atoms with Gasteiger partial charge in [0, 0.05) is 27.4 Å². The first-order valence-electron chi connectivity index (χ1n) is 9.97. The number of anilines is 2. The number of aryl methyl sites for hydroxylation is 1. The molecule has 0 atom stereocenters. The molecule has 5 heteroatoms. The fourth-order valence-corrected chi connectivity index (χ4v) is 3.97. The van der Waals surface area contributed by atoms with Crippen molar-refractivity contribution in [3.8, 4) is 28.3 Å². The minimum Gasteiger partial charge on any atom is -0.488 e. The van der Waals surface area contributed by atoms with Crippen molar-refractivity contribution in [3.63, 3.8) is 0 Å². The Balaban J connectivity index is 1.70. The van der Waals surface area contributed by atoms with Crippen molar-refractivity contribution in [2.45, 2.75) is 20.0 Å². The zero-order chi connectivity index (χ0) is 20.5. The van der Waals surface area contributed by atoms with Gasteiger partial charge in [-0.1, -0.05) is 61.0 Å². The standard InChI is InChI=1S/C25H20ClN3O/c1-2-16-8-3-5-12-21(16)27-25-28-23(17-9-7-10-18(26)14-17)20-15-30-22-13-6-4-11-19(22)24(20)29-25/h3-14H,2,15H2,1H3,(H,27,28,29). The van der Waals surface area contributed by atoms with Crippen LogP contribution < -0.4 is 10.1 Å². The molecule has 0 fully saturated rings. The molecule has 3 aromatic carbocycles. The molecule has 0 saturated carbocycles. The summed E-state index contributed by atoms with van der Waals surface area (Å²) in [5, 5.41) is 4.10. The maximum atomic E-state index is 6.28. The van der Waals surface area contributed by atoms with Gasteiger partial charge in [-0.15, -0.1) is 0 Å². The highest BCUT2D eigenvalue weighted by molar-refractivity contribution is 6.30. The molecule has 1 aliphatic rings. The molecule has 0 spiro atoms. The van der Waals surface area contributed by atoms with E-state index in [1.807, 2.05) is 60.7 Å². The van der Waals surface area contributed by atoms with Gasteiger partial charge in [0.05, 0.1) is 11.4 Å². The number of hydrogen-bond donors (Lipinski definition) is 1. The maximum absolute atomic E-state index is 6.28. The molecule has 1 aliphatic heterocycles. The molecule has 1 N–H and O–H groups in total. The lowest BCUT2D eigenvalue weighted by molar-refractivity contribution is 0.301. The number of nitrogens with one attached hydrogen (secondary N) is 1. The highest BCUT2D eigenvalue weighted by Crippen LogP contribution is 2.40. The summed E-state index contributed by atoms with van der Waals surface area (Å²) >= 11 is 6.28. The van der Waals surface area contributed by atoms with Crippen LogP contribution in [0.3, 0.4) is 0 Å². The van der Waals surface area contributed by atoms with Gasteiger partial charge in [0.25, 0.3) is 0 Å². The summed E-state index contributed by atoms with van der Waals surface area (Å²) in [5.41, 5.74) is 6.81. The molecule has 0 unspecified atom stereocenters. The lowest BCUT2D eigenvalue weighted by atomic mass is 9.98. The van der Waals surface area contributed by atoms with Crippen molar-refractivity contribution in [1.29, 1.82) is 0 Å². The number of hydrogen-bond acceptors (Lipinski definition) is 4. The molecule has 1 aromatic heterocycles. The van der Waals surface area contributed by atoms with Gasteiger partial charge in [0.1, 0.15) is 12.4 Å². The zero-order valence-electron chi connectivity index (χ0n) is 16.5. The number of ether oxygens (including phenoxy) is 1. The number of rotatable bonds is 4. The van der Waals surface area contributed by atoms with E-state index < -0.39 is 0 Å². The predicted molar refractivity (Wildman–Crippen MR) is 121 cm³/mol. The van der Waals surface area contributed by atoms with E-state index in [0.717, 1.165) is 45.9 Å². The Kier molecular flexibility index (Phi) is 4.85. The van der Waals surface area contributed by atoms with Gasteiger partial charge >= 0.3 is 0 Å². The van der Waals surface area contributed by atoms with Crippen LogP contribution in [-0.2, 0) is 13.0 Å². The van der Waals surface area contributed by atoms with Crippen LogP contribution in [0.15, 0.2) is 72.8 Å². The van der Waals surface area contributed by atoms with E-state index in [1.165, 1.54) is 5.56 Å². The Labute approximate surface area is 180 Å². The molecule has 0 aliphatic carbocycles. The first kappa shape index (κ1) is 18.6. The predicted octanol–water partition coefficient (Wildman–Crippen LogP) is 6.66. The number of fused-ring (bicyclic) bond motifs is 3. The van der Waals surface area contributed by atoms with Crippen LogP contribution in [-0.4, -0.2) is 9.97 Å². The van der Waals surface area contributed by atoms with Crippen molar-refractivity contribution < 1.29 is 4.74 Å². The largest absolute Gasteiger partial charge is 0.488 e. The first-order chi connectivity index (χ1) is 14.7. The Hall–Kier alpha value is -3.37. The quantitative estimate of drug-likeness (QED) is 0.406. The molecule has 30 heavy (non-hydrogen) atoms. The van der Waals surface area contributed by atoms with E-state index in [0.29, 0.717) is 17.6 Å².